The first-order chi connectivity index (χ1) is 10.8. The number of carbonyl (C=O) groups is 1. The summed E-state index contributed by atoms with van der Waals surface area (Å²) in [7, 11) is 3.80. The summed E-state index contributed by atoms with van der Waals surface area (Å²) in [6, 6.07) is 5.83. The maximum Gasteiger partial charge on any atom is 0.433 e. The lowest BCUT2D eigenvalue weighted by Crippen LogP contribution is -2.34. The van der Waals surface area contributed by atoms with Gasteiger partial charge in [0.05, 0.1) is 11.6 Å². The van der Waals surface area contributed by atoms with E-state index in [4.69, 9.17) is 0 Å². The van der Waals surface area contributed by atoms with E-state index in [1.54, 1.807) is 11.3 Å². The first-order valence-corrected chi connectivity index (χ1v) is 7.68. The van der Waals surface area contributed by atoms with Crippen molar-refractivity contribution in [2.45, 2.75) is 12.2 Å². The van der Waals surface area contributed by atoms with Crippen LogP contribution in [0.3, 0.4) is 0 Å². The van der Waals surface area contributed by atoms with Crippen LogP contribution in [0.1, 0.15) is 27.0 Å². The van der Waals surface area contributed by atoms with Gasteiger partial charge in [-0.2, -0.15) is 13.2 Å². The van der Waals surface area contributed by atoms with Crippen LogP contribution < -0.4 is 5.32 Å². The van der Waals surface area contributed by atoms with Gasteiger partial charge >= 0.3 is 6.18 Å². The Hall–Kier alpha value is -1.93. The molecule has 0 unspecified atom stereocenters. The van der Waals surface area contributed by atoms with E-state index in [-0.39, 0.29) is 11.6 Å². The van der Waals surface area contributed by atoms with Crippen LogP contribution in [0.25, 0.3) is 0 Å². The lowest BCUT2D eigenvalue weighted by molar-refractivity contribution is -0.141. The molecule has 124 valence electrons. The molecule has 1 N–H and O–H groups in total. The van der Waals surface area contributed by atoms with Gasteiger partial charge in [0, 0.05) is 17.6 Å². The summed E-state index contributed by atoms with van der Waals surface area (Å²) < 4.78 is 37.4. The Labute approximate surface area is 136 Å². The highest BCUT2D eigenvalue weighted by atomic mass is 32.1. The quantitative estimate of drug-likeness (QED) is 0.907. The van der Waals surface area contributed by atoms with Gasteiger partial charge in [-0.3, -0.25) is 9.78 Å². The molecule has 2 rings (SSSR count). The second-order valence-electron chi connectivity index (χ2n) is 5.13. The molecule has 2 aromatic rings. The van der Waals surface area contributed by atoms with Crippen LogP contribution >= 0.6 is 11.3 Å². The molecule has 0 spiro atoms. The molecule has 0 aliphatic carbocycles. The maximum absolute atomic E-state index is 12.5. The summed E-state index contributed by atoms with van der Waals surface area (Å²) in [4.78, 5) is 18.4. The topological polar surface area (TPSA) is 45.2 Å². The van der Waals surface area contributed by atoms with Gasteiger partial charge in [-0.05, 0) is 37.7 Å². The van der Waals surface area contributed by atoms with Gasteiger partial charge in [-0.25, -0.2) is 0 Å². The Kier molecular flexibility index (Phi) is 5.38. The third-order valence-corrected chi connectivity index (χ3v) is 4.24. The van der Waals surface area contributed by atoms with Crippen LogP contribution in [-0.2, 0) is 6.18 Å². The second-order valence-corrected chi connectivity index (χ2v) is 6.11. The number of thiophene rings is 1. The third-order valence-electron chi connectivity index (χ3n) is 3.27. The number of pyridine rings is 1. The van der Waals surface area contributed by atoms with Crippen molar-refractivity contribution in [3.63, 3.8) is 0 Å². The van der Waals surface area contributed by atoms with E-state index < -0.39 is 17.8 Å². The molecular weight excluding hydrogens is 327 g/mol. The van der Waals surface area contributed by atoms with Gasteiger partial charge in [-0.15, -0.1) is 11.3 Å². The standard InChI is InChI=1S/C15H16F3N3OS/c1-21(2)11(12-4-3-7-23-12)9-20-14(22)10-5-6-13(19-8-10)15(16,17)18/h3-8,11H,9H2,1-2H3,(H,20,22)/t11-/m0/s1. The minimum atomic E-state index is -4.51. The van der Waals surface area contributed by atoms with E-state index >= 15 is 0 Å². The molecule has 0 saturated carbocycles. The number of carbonyl (C=O) groups excluding carboxylic acids is 1. The van der Waals surface area contributed by atoms with Gasteiger partial charge in [0.15, 0.2) is 0 Å². The minimum absolute atomic E-state index is 0.00126. The van der Waals surface area contributed by atoms with Gasteiger partial charge in [0.1, 0.15) is 5.69 Å². The van der Waals surface area contributed by atoms with Gasteiger partial charge in [0.2, 0.25) is 0 Å². The van der Waals surface area contributed by atoms with E-state index in [2.05, 4.69) is 10.3 Å². The first-order valence-electron chi connectivity index (χ1n) is 6.80. The summed E-state index contributed by atoms with van der Waals surface area (Å²) in [5.74, 6) is -0.449. The summed E-state index contributed by atoms with van der Waals surface area (Å²) in [5.41, 5.74) is -0.916. The SMILES string of the molecule is CN(C)[C@@H](CNC(=O)c1ccc(C(F)(F)F)nc1)c1cccs1. The number of aromatic nitrogens is 1. The zero-order valence-corrected chi connectivity index (χ0v) is 13.4. The lowest BCUT2D eigenvalue weighted by Gasteiger charge is -2.23. The normalized spacial score (nSPS) is 13.1. The summed E-state index contributed by atoms with van der Waals surface area (Å²) in [6.45, 7) is 0.355. The summed E-state index contributed by atoms with van der Waals surface area (Å²) in [5, 5.41) is 4.68. The van der Waals surface area contributed by atoms with Crippen molar-refractivity contribution in [3.05, 3.63) is 52.0 Å². The van der Waals surface area contributed by atoms with Crippen molar-refractivity contribution in [3.8, 4) is 0 Å². The van der Waals surface area contributed by atoms with Gasteiger partial charge in [-0.1, -0.05) is 6.07 Å². The highest BCUT2D eigenvalue weighted by Gasteiger charge is 2.32. The second kappa shape index (κ2) is 7.10. The highest BCUT2D eigenvalue weighted by molar-refractivity contribution is 7.10. The third kappa shape index (κ3) is 4.52. The van der Waals surface area contributed by atoms with Crippen molar-refractivity contribution in [1.29, 1.82) is 0 Å². The molecule has 0 aliphatic rings. The van der Waals surface area contributed by atoms with Crippen LogP contribution in [-0.4, -0.2) is 36.4 Å². The van der Waals surface area contributed by atoms with Crippen molar-refractivity contribution < 1.29 is 18.0 Å². The van der Waals surface area contributed by atoms with Crippen LogP contribution in [0, 0.1) is 0 Å². The maximum atomic E-state index is 12.5. The monoisotopic (exact) mass is 343 g/mol. The molecule has 8 heteroatoms. The Bertz CT molecular complexity index is 639. The summed E-state index contributed by atoms with van der Waals surface area (Å²) in [6.07, 6.45) is -3.57. The van der Waals surface area contributed by atoms with Crippen molar-refractivity contribution >= 4 is 17.2 Å². The lowest BCUT2D eigenvalue weighted by atomic mass is 10.2. The first kappa shape index (κ1) is 17.4. The Morgan fingerprint density at radius 1 is 1.35 bits per heavy atom. The highest BCUT2D eigenvalue weighted by Crippen LogP contribution is 2.27. The molecule has 2 aromatic heterocycles. The zero-order valence-electron chi connectivity index (χ0n) is 12.6. The molecule has 0 bridgehead atoms. The molecule has 1 atom stereocenters. The molecule has 0 fully saturated rings. The number of amides is 1. The molecule has 0 radical (unpaired) electrons. The number of halogens is 3. The van der Waals surface area contributed by atoms with Crippen molar-refractivity contribution in [1.82, 2.24) is 15.2 Å². The predicted molar refractivity (Wildman–Crippen MR) is 82.3 cm³/mol. The van der Waals surface area contributed by atoms with Crippen LogP contribution in [0.5, 0.6) is 0 Å². The number of nitrogens with one attached hydrogen (secondary N) is 1. The molecule has 0 saturated heterocycles. The largest absolute Gasteiger partial charge is 0.433 e. The number of hydrogen-bond donors (Lipinski definition) is 1. The average Bonchev–Trinajstić information content (AvgIpc) is 3.00. The fraction of sp³-hybridized carbons (Fsp3) is 0.333. The number of rotatable bonds is 5. The van der Waals surface area contributed by atoms with E-state index in [0.29, 0.717) is 6.54 Å². The van der Waals surface area contributed by atoms with Crippen molar-refractivity contribution in [2.24, 2.45) is 0 Å². The molecule has 1 amide bonds. The summed E-state index contributed by atoms with van der Waals surface area (Å²) >= 11 is 1.58. The zero-order chi connectivity index (χ0) is 17.0. The Morgan fingerprint density at radius 3 is 2.57 bits per heavy atom. The Balaban J connectivity index is 2.01. The fourth-order valence-corrected chi connectivity index (χ4v) is 2.93. The van der Waals surface area contributed by atoms with Crippen LogP contribution in [0.4, 0.5) is 13.2 Å². The fourth-order valence-electron chi connectivity index (χ4n) is 2.01. The molecule has 0 aliphatic heterocycles. The van der Waals surface area contributed by atoms with Crippen LogP contribution in [0.2, 0.25) is 0 Å². The van der Waals surface area contributed by atoms with Gasteiger partial charge in [0.25, 0.3) is 5.91 Å². The minimum Gasteiger partial charge on any atom is -0.350 e. The number of nitrogens with zero attached hydrogens (tertiary/aromatic N) is 2. The molecule has 2 heterocycles. The molecule has 4 nitrogen and oxygen atoms in total. The predicted octanol–water partition coefficient (Wildman–Crippen LogP) is 3.19. The van der Waals surface area contributed by atoms with Crippen molar-refractivity contribution in [2.75, 3.05) is 20.6 Å². The van der Waals surface area contributed by atoms with Gasteiger partial charge < -0.3 is 10.2 Å². The smallest absolute Gasteiger partial charge is 0.350 e. The van der Waals surface area contributed by atoms with E-state index in [1.165, 1.54) is 0 Å². The Morgan fingerprint density at radius 2 is 2.09 bits per heavy atom. The average molecular weight is 343 g/mol. The van der Waals surface area contributed by atoms with E-state index in [9.17, 15) is 18.0 Å². The van der Waals surface area contributed by atoms with E-state index in [1.807, 2.05) is 36.5 Å². The number of likely N-dealkylation sites (N-methyl/N-ethyl adjacent to an activating group) is 1. The van der Waals surface area contributed by atoms with Crippen LogP contribution in [0.15, 0.2) is 35.8 Å². The number of alkyl halides is 3. The molecule has 0 aromatic carbocycles. The van der Waals surface area contributed by atoms with E-state index in [0.717, 1.165) is 23.2 Å². The molecular formula is C15H16F3N3OS. The number of hydrogen-bond acceptors (Lipinski definition) is 4. The molecule has 23 heavy (non-hydrogen) atoms.